The van der Waals surface area contributed by atoms with Gasteiger partial charge in [0.15, 0.2) is 0 Å². The van der Waals surface area contributed by atoms with Crippen molar-refractivity contribution >= 4 is 122 Å². The molecule has 0 nitrogen and oxygen atoms in total. The molecule has 104 valence electrons. The van der Waals surface area contributed by atoms with E-state index in [2.05, 4.69) is 78.4 Å². The summed E-state index contributed by atoms with van der Waals surface area (Å²) >= 11 is 0. The molecular weight excluding hydrogens is 489 g/mol. The number of hydrogen-bond donors (Lipinski definition) is 0. The molecule has 15 heteroatoms. The molecule has 0 aliphatic carbocycles. The second-order valence-electron chi connectivity index (χ2n) is 2.89. The summed E-state index contributed by atoms with van der Waals surface area (Å²) in [5.41, 5.74) is 0. The molecular formula is C2H21P15. The molecule has 12 atom stereocenters. The van der Waals surface area contributed by atoms with Gasteiger partial charge < -0.3 is 0 Å². The van der Waals surface area contributed by atoms with Crippen molar-refractivity contribution in [3.63, 3.8) is 0 Å². The van der Waals surface area contributed by atoms with Crippen LogP contribution < -0.4 is 0 Å². The Hall–Kier alpha value is 6.45. The summed E-state index contributed by atoms with van der Waals surface area (Å²) < 4.78 is 0. The average molecular weight is 510 g/mol. The summed E-state index contributed by atoms with van der Waals surface area (Å²) in [6, 6.07) is 0. The van der Waals surface area contributed by atoms with Crippen LogP contribution in [0.5, 0.6) is 0 Å². The Labute approximate surface area is 133 Å². The molecule has 0 aromatic heterocycles. The monoisotopic (exact) mass is 510 g/mol. The fourth-order valence-corrected chi connectivity index (χ4v) is 106. The molecule has 0 aliphatic heterocycles. The van der Waals surface area contributed by atoms with Crippen LogP contribution in [0.3, 0.4) is 0 Å². The van der Waals surface area contributed by atoms with E-state index in [9.17, 15) is 0 Å². The van der Waals surface area contributed by atoms with Gasteiger partial charge >= 0.3 is 0 Å². The summed E-state index contributed by atoms with van der Waals surface area (Å²) in [5.74, 6) is 0. The smallest absolute Gasteiger partial charge is 0.0144 e. The largest absolute Gasteiger partial charge is 0.109 e. The summed E-state index contributed by atoms with van der Waals surface area (Å²) in [7, 11) is 26.0. The van der Waals surface area contributed by atoms with Gasteiger partial charge in [0.25, 0.3) is 0 Å². The van der Waals surface area contributed by atoms with Gasteiger partial charge in [-0.3, -0.25) is 0 Å². The van der Waals surface area contributed by atoms with Gasteiger partial charge in [-0.05, 0) is 42.5 Å². The molecule has 17 heavy (non-hydrogen) atoms. The lowest BCUT2D eigenvalue weighted by molar-refractivity contribution is 1.42. The predicted octanol–water partition coefficient (Wildman–Crippen LogP) is 8.80. The first kappa shape index (κ1) is 23.4. The minimum absolute atomic E-state index is 0.0610. The maximum atomic E-state index is 3.17. The third kappa shape index (κ3) is 8.92. The molecule has 0 aliphatic rings. The van der Waals surface area contributed by atoms with Gasteiger partial charge in [-0.15, -0.1) is 71.4 Å². The fraction of sp³-hybridized carbons (Fsp3) is 1.00. The number of rotatable bonds is 7. The van der Waals surface area contributed by atoms with Crippen LogP contribution in [0, 0.1) is 0 Å². The fourth-order valence-electron chi connectivity index (χ4n) is 1.14. The van der Waals surface area contributed by atoms with Crippen LogP contribution in [-0.2, 0) is 0 Å². The van der Waals surface area contributed by atoms with Gasteiger partial charge in [0.2, 0.25) is 0 Å². The lowest BCUT2D eigenvalue weighted by Gasteiger charge is -2.40. The highest BCUT2D eigenvalue weighted by Crippen LogP contribution is 3.10. The van der Waals surface area contributed by atoms with Crippen molar-refractivity contribution in [2.45, 2.75) is 12.3 Å². The van der Waals surface area contributed by atoms with E-state index >= 15 is 0 Å². The SMILES string of the molecule is CC(P(P(P)P)P(P)P)P(P(P)P)P(P)PP. The second-order valence-corrected chi connectivity index (χ2v) is 55.1. The van der Waals surface area contributed by atoms with E-state index in [1.165, 1.54) is 0 Å². The molecule has 0 spiro atoms. The van der Waals surface area contributed by atoms with E-state index in [-0.39, 0.29) is 42.5 Å². The highest BCUT2D eigenvalue weighted by molar-refractivity contribution is 9.04. The summed E-state index contributed by atoms with van der Waals surface area (Å²) in [6.07, 6.45) is 0. The molecule has 0 aromatic rings. The van der Waals surface area contributed by atoms with Crippen molar-refractivity contribution in [2.75, 3.05) is 0 Å². The Morgan fingerprint density at radius 3 is 1.35 bits per heavy atom. The standard InChI is InChI=1S/C2H21P15/c1-2(12(14(4)5)15(6)7)13(16(8)9)17(10)11-3/h2,11H,3-10H2,1H3. The van der Waals surface area contributed by atoms with Crippen molar-refractivity contribution in [3.8, 4) is 0 Å². The van der Waals surface area contributed by atoms with Crippen molar-refractivity contribution in [3.05, 3.63) is 0 Å². The minimum atomic E-state index is 0.0610. The molecule has 0 N–H and O–H groups in total. The third-order valence-electron chi connectivity index (χ3n) is 1.73. The highest BCUT2D eigenvalue weighted by atomic mass is 33.0. The van der Waals surface area contributed by atoms with Gasteiger partial charge in [-0.25, -0.2) is 0 Å². The zero-order valence-corrected chi connectivity index (χ0v) is 25.0. The lowest BCUT2D eigenvalue weighted by atomic mass is 11.0. The van der Waals surface area contributed by atoms with Crippen LogP contribution in [-0.4, -0.2) is 5.40 Å². The third-order valence-corrected chi connectivity index (χ3v) is 67.5. The van der Waals surface area contributed by atoms with Crippen LogP contribution in [0.2, 0.25) is 0 Å². The van der Waals surface area contributed by atoms with E-state index < -0.39 is 0 Å². The average Bonchev–Trinajstić information content (AvgIpc) is 2.15. The summed E-state index contributed by atoms with van der Waals surface area (Å²) in [5, 5.41) is 0.931. The van der Waals surface area contributed by atoms with E-state index in [0.717, 1.165) is 13.4 Å². The zero-order valence-electron chi connectivity index (χ0n) is 9.38. The maximum Gasteiger partial charge on any atom is 0.0144 e. The van der Waals surface area contributed by atoms with Crippen molar-refractivity contribution < 1.29 is 0 Å². The van der Waals surface area contributed by atoms with Gasteiger partial charge in [0, 0.05) is 5.40 Å². The quantitative estimate of drug-likeness (QED) is 0.301. The molecule has 0 heterocycles. The first-order chi connectivity index (χ1) is 7.73. The lowest BCUT2D eigenvalue weighted by Crippen LogP contribution is -1.87. The molecule has 0 saturated heterocycles. The Morgan fingerprint density at radius 1 is 0.765 bits per heavy atom. The first-order valence-electron chi connectivity index (χ1n) is 4.21. The molecule has 0 amide bonds. The normalized spacial score (nSPS) is 18.9. The second kappa shape index (κ2) is 12.8. The summed E-state index contributed by atoms with van der Waals surface area (Å²) in [4.78, 5) is 0. The minimum Gasteiger partial charge on any atom is -0.109 e. The summed E-state index contributed by atoms with van der Waals surface area (Å²) in [6.45, 7) is 2.87. The Bertz CT molecular complexity index is 191. The van der Waals surface area contributed by atoms with Crippen LogP contribution >= 0.6 is 122 Å². The van der Waals surface area contributed by atoms with Gasteiger partial charge in [0.05, 0.1) is 0 Å². The van der Waals surface area contributed by atoms with Crippen molar-refractivity contribution in [2.24, 2.45) is 0 Å². The first-order valence-corrected chi connectivity index (χ1v) is 30.2. The van der Waals surface area contributed by atoms with Gasteiger partial charge in [-0.1, -0.05) is 14.9 Å². The van der Waals surface area contributed by atoms with Crippen LogP contribution in [0.4, 0.5) is 0 Å². The Balaban J connectivity index is 4.97. The topological polar surface area (TPSA) is 0 Å². The van der Waals surface area contributed by atoms with Gasteiger partial charge in [0.1, 0.15) is 0 Å². The van der Waals surface area contributed by atoms with E-state index in [4.69, 9.17) is 0 Å². The predicted molar refractivity (Wildman–Crippen MR) is 137 cm³/mol. The number of hydrogen-bond acceptors (Lipinski definition) is 0. The Morgan fingerprint density at radius 2 is 1.12 bits per heavy atom. The molecule has 0 radical (unpaired) electrons. The molecule has 0 aromatic carbocycles. The van der Waals surface area contributed by atoms with E-state index in [1.54, 1.807) is 0 Å². The van der Waals surface area contributed by atoms with E-state index in [0.29, 0.717) is 0 Å². The highest BCUT2D eigenvalue weighted by Gasteiger charge is 2.34. The van der Waals surface area contributed by atoms with Crippen LogP contribution in [0.25, 0.3) is 0 Å². The van der Waals surface area contributed by atoms with Crippen LogP contribution in [0.15, 0.2) is 0 Å². The Kier molecular flexibility index (Phi) is 17.6. The molecule has 0 rings (SSSR count). The maximum absolute atomic E-state index is 3.17. The molecule has 0 saturated carbocycles. The van der Waals surface area contributed by atoms with E-state index in [1.807, 2.05) is 0 Å². The molecule has 12 unspecified atom stereocenters. The molecule has 0 bridgehead atoms. The van der Waals surface area contributed by atoms with Crippen molar-refractivity contribution in [1.29, 1.82) is 0 Å². The van der Waals surface area contributed by atoms with Crippen molar-refractivity contribution in [1.82, 2.24) is 0 Å². The van der Waals surface area contributed by atoms with Gasteiger partial charge in [-0.2, -0.15) is 0 Å². The van der Waals surface area contributed by atoms with Crippen LogP contribution in [0.1, 0.15) is 6.92 Å². The molecule has 0 fully saturated rings. The zero-order chi connectivity index (χ0) is 13.7.